The molecule has 0 saturated carbocycles. The Morgan fingerprint density at radius 2 is 2.00 bits per heavy atom. The Morgan fingerprint density at radius 1 is 1.16 bits per heavy atom. The molecule has 2 aromatic heterocycles. The van der Waals surface area contributed by atoms with Crippen LogP contribution in [0.1, 0.15) is 35.8 Å². The van der Waals surface area contributed by atoms with Gasteiger partial charge in [-0.2, -0.15) is 0 Å². The van der Waals surface area contributed by atoms with Gasteiger partial charge in [-0.25, -0.2) is 9.37 Å². The number of ether oxygens (including phenoxy) is 3. The van der Waals surface area contributed by atoms with E-state index in [-0.39, 0.29) is 42.1 Å². The zero-order chi connectivity index (χ0) is 25.8. The van der Waals surface area contributed by atoms with E-state index in [2.05, 4.69) is 20.5 Å². The van der Waals surface area contributed by atoms with Gasteiger partial charge in [0.1, 0.15) is 30.3 Å². The average molecular weight is 504 g/mol. The standard InChI is InChI=1S/C27H26FN5O4/c1-17(2)33-16-29-32-26(33)22-9-6-10-25(30-22)31-27(34)20-11-23-24(12-21(20)28)37-19(15-36-23)14-35-13-18-7-4-3-5-8-18/h3-12,16-17,19H,13-15H2,1-2H3,(H,30,31,34). The predicted octanol–water partition coefficient (Wildman–Crippen LogP) is 4.67. The van der Waals surface area contributed by atoms with Gasteiger partial charge in [-0.3, -0.25) is 4.79 Å². The number of hydrogen-bond acceptors (Lipinski definition) is 7. The van der Waals surface area contributed by atoms with Gasteiger partial charge in [-0.1, -0.05) is 36.4 Å². The quantitative estimate of drug-likeness (QED) is 0.373. The summed E-state index contributed by atoms with van der Waals surface area (Å²) in [6, 6.07) is 17.5. The molecular weight excluding hydrogens is 477 g/mol. The first-order valence-corrected chi connectivity index (χ1v) is 11.9. The Labute approximate surface area is 213 Å². The summed E-state index contributed by atoms with van der Waals surface area (Å²) >= 11 is 0. The Kier molecular flexibility index (Phi) is 7.09. The van der Waals surface area contributed by atoms with Crippen molar-refractivity contribution >= 4 is 11.7 Å². The first-order chi connectivity index (χ1) is 18.0. The van der Waals surface area contributed by atoms with Crippen molar-refractivity contribution in [1.29, 1.82) is 0 Å². The van der Waals surface area contributed by atoms with E-state index < -0.39 is 17.8 Å². The number of aromatic nitrogens is 4. The molecule has 9 nitrogen and oxygen atoms in total. The molecule has 10 heteroatoms. The lowest BCUT2D eigenvalue weighted by molar-refractivity contribution is 0.00245. The second-order valence-corrected chi connectivity index (χ2v) is 8.85. The molecule has 3 heterocycles. The molecule has 1 aliphatic heterocycles. The maximum absolute atomic E-state index is 14.9. The molecule has 5 rings (SSSR count). The molecule has 1 unspecified atom stereocenters. The van der Waals surface area contributed by atoms with Gasteiger partial charge in [-0.05, 0) is 37.6 Å². The van der Waals surface area contributed by atoms with Crippen LogP contribution < -0.4 is 14.8 Å². The lowest BCUT2D eigenvalue weighted by Gasteiger charge is -2.27. The topological polar surface area (TPSA) is 100 Å². The number of pyridine rings is 1. The molecule has 1 atom stereocenters. The molecule has 0 saturated heterocycles. The number of nitrogens with zero attached hydrogens (tertiary/aromatic N) is 4. The van der Waals surface area contributed by atoms with E-state index in [0.29, 0.717) is 18.1 Å². The van der Waals surface area contributed by atoms with Crippen LogP contribution in [-0.2, 0) is 11.3 Å². The largest absolute Gasteiger partial charge is 0.486 e. The van der Waals surface area contributed by atoms with Crippen LogP contribution in [0.25, 0.3) is 11.5 Å². The molecule has 0 fully saturated rings. The number of amides is 1. The normalized spacial score (nSPS) is 14.5. The monoisotopic (exact) mass is 503 g/mol. The van der Waals surface area contributed by atoms with E-state index >= 15 is 0 Å². The zero-order valence-corrected chi connectivity index (χ0v) is 20.4. The van der Waals surface area contributed by atoms with Gasteiger partial charge in [0, 0.05) is 12.1 Å². The number of fused-ring (bicyclic) bond motifs is 1. The molecule has 0 aliphatic carbocycles. The van der Waals surface area contributed by atoms with E-state index in [4.69, 9.17) is 14.2 Å². The lowest BCUT2D eigenvalue weighted by Crippen LogP contribution is -2.33. The molecule has 4 aromatic rings. The summed E-state index contributed by atoms with van der Waals surface area (Å²) < 4.78 is 34.1. The van der Waals surface area contributed by atoms with E-state index in [1.165, 1.54) is 6.07 Å². The van der Waals surface area contributed by atoms with Gasteiger partial charge < -0.3 is 24.1 Å². The highest BCUT2D eigenvalue weighted by atomic mass is 19.1. The van der Waals surface area contributed by atoms with E-state index in [1.54, 1.807) is 24.5 Å². The number of carbonyl (C=O) groups is 1. The van der Waals surface area contributed by atoms with Crippen LogP contribution in [0.2, 0.25) is 0 Å². The van der Waals surface area contributed by atoms with Crippen molar-refractivity contribution in [3.8, 4) is 23.0 Å². The SMILES string of the molecule is CC(C)n1cnnc1-c1cccc(NC(=O)c2cc3c(cc2F)OC(COCc2ccccc2)CO3)n1. The molecule has 0 bridgehead atoms. The van der Waals surface area contributed by atoms with Crippen LogP contribution >= 0.6 is 0 Å². The van der Waals surface area contributed by atoms with Crippen molar-refractivity contribution < 1.29 is 23.4 Å². The molecule has 0 spiro atoms. The Hall–Kier alpha value is -4.31. The number of carbonyl (C=O) groups excluding carboxylic acids is 1. The molecule has 190 valence electrons. The summed E-state index contributed by atoms with van der Waals surface area (Å²) in [6.07, 6.45) is 1.23. The molecular formula is C27H26FN5O4. The number of anilines is 1. The maximum atomic E-state index is 14.9. The number of halogens is 1. The van der Waals surface area contributed by atoms with Gasteiger partial charge in [0.05, 0.1) is 18.8 Å². The summed E-state index contributed by atoms with van der Waals surface area (Å²) in [6.45, 7) is 4.94. The first-order valence-electron chi connectivity index (χ1n) is 11.9. The Morgan fingerprint density at radius 3 is 2.81 bits per heavy atom. The highest BCUT2D eigenvalue weighted by molar-refractivity contribution is 6.04. The fraction of sp³-hybridized carbons (Fsp3) is 0.259. The second kappa shape index (κ2) is 10.8. The average Bonchev–Trinajstić information content (AvgIpc) is 3.40. The van der Waals surface area contributed by atoms with Crippen LogP contribution in [0, 0.1) is 5.82 Å². The lowest BCUT2D eigenvalue weighted by atomic mass is 10.1. The summed E-state index contributed by atoms with van der Waals surface area (Å²) in [5.41, 5.74) is 1.40. The van der Waals surface area contributed by atoms with Gasteiger partial charge in [0.25, 0.3) is 5.91 Å². The molecule has 1 amide bonds. The van der Waals surface area contributed by atoms with E-state index in [0.717, 1.165) is 11.6 Å². The van der Waals surface area contributed by atoms with Gasteiger partial charge in [0.15, 0.2) is 23.4 Å². The molecule has 1 N–H and O–H groups in total. The highest BCUT2D eigenvalue weighted by Crippen LogP contribution is 2.34. The van der Waals surface area contributed by atoms with Crippen LogP contribution in [-0.4, -0.2) is 45.0 Å². The minimum Gasteiger partial charge on any atom is -0.486 e. The predicted molar refractivity (Wildman–Crippen MR) is 134 cm³/mol. The Bertz CT molecular complexity index is 1390. The van der Waals surface area contributed by atoms with Gasteiger partial charge in [0.2, 0.25) is 0 Å². The molecule has 0 radical (unpaired) electrons. The van der Waals surface area contributed by atoms with Crippen molar-refractivity contribution in [2.45, 2.75) is 32.6 Å². The molecule has 37 heavy (non-hydrogen) atoms. The van der Waals surface area contributed by atoms with Crippen LogP contribution in [0.4, 0.5) is 10.2 Å². The molecule has 2 aromatic carbocycles. The van der Waals surface area contributed by atoms with Crippen LogP contribution in [0.3, 0.4) is 0 Å². The van der Waals surface area contributed by atoms with Crippen molar-refractivity contribution in [3.63, 3.8) is 0 Å². The number of rotatable bonds is 8. The maximum Gasteiger partial charge on any atom is 0.259 e. The van der Waals surface area contributed by atoms with E-state index in [9.17, 15) is 9.18 Å². The number of hydrogen-bond donors (Lipinski definition) is 1. The van der Waals surface area contributed by atoms with Crippen LogP contribution in [0.5, 0.6) is 11.5 Å². The second-order valence-electron chi connectivity index (χ2n) is 8.85. The first kappa shape index (κ1) is 24.4. The Balaban J connectivity index is 1.24. The summed E-state index contributed by atoms with van der Waals surface area (Å²) in [5.74, 6) is -0.0578. The minimum atomic E-state index is -0.735. The summed E-state index contributed by atoms with van der Waals surface area (Å²) in [4.78, 5) is 17.3. The third-order valence-corrected chi connectivity index (χ3v) is 5.76. The summed E-state index contributed by atoms with van der Waals surface area (Å²) in [7, 11) is 0. The van der Waals surface area contributed by atoms with Gasteiger partial charge in [-0.15, -0.1) is 10.2 Å². The van der Waals surface area contributed by atoms with E-state index in [1.807, 2.05) is 48.7 Å². The fourth-order valence-corrected chi connectivity index (χ4v) is 3.89. The molecule has 1 aliphatic rings. The van der Waals surface area contributed by atoms with Crippen molar-refractivity contribution in [3.05, 3.63) is 83.9 Å². The zero-order valence-electron chi connectivity index (χ0n) is 20.4. The smallest absolute Gasteiger partial charge is 0.259 e. The highest BCUT2D eigenvalue weighted by Gasteiger charge is 2.25. The third kappa shape index (κ3) is 5.59. The minimum absolute atomic E-state index is 0.131. The van der Waals surface area contributed by atoms with Crippen molar-refractivity contribution in [2.24, 2.45) is 0 Å². The van der Waals surface area contributed by atoms with Gasteiger partial charge >= 0.3 is 0 Å². The number of benzene rings is 2. The van der Waals surface area contributed by atoms with Crippen molar-refractivity contribution in [2.75, 3.05) is 18.5 Å². The third-order valence-electron chi connectivity index (χ3n) is 5.76. The van der Waals surface area contributed by atoms with Crippen LogP contribution in [0.15, 0.2) is 67.0 Å². The number of nitrogens with one attached hydrogen (secondary N) is 1. The van der Waals surface area contributed by atoms with Crippen molar-refractivity contribution in [1.82, 2.24) is 19.7 Å². The fourth-order valence-electron chi connectivity index (χ4n) is 3.89. The summed E-state index contributed by atoms with van der Waals surface area (Å²) in [5, 5.41) is 10.7.